The number of hydrogen-bond acceptors (Lipinski definition) is 10. The minimum absolute atomic E-state index is 0.0369. The van der Waals surface area contributed by atoms with Crippen LogP contribution in [0, 0.1) is 0 Å². The maximum absolute atomic E-state index is 13.1. The molecule has 11 nitrogen and oxygen atoms in total. The molecule has 0 bridgehead atoms. The fourth-order valence-electron chi connectivity index (χ4n) is 8.63. The Kier molecular flexibility index (Phi) is 44.0. The summed E-state index contributed by atoms with van der Waals surface area (Å²) in [7, 11) is 0. The van der Waals surface area contributed by atoms with Crippen LogP contribution in [0.25, 0.3) is 0 Å². The summed E-state index contributed by atoms with van der Waals surface area (Å²) in [5.41, 5.74) is 0. The lowest BCUT2D eigenvalue weighted by Gasteiger charge is -2.40. The summed E-state index contributed by atoms with van der Waals surface area (Å²) in [4.78, 5) is 13.1. The third kappa shape index (κ3) is 35.6. The number of amides is 1. The van der Waals surface area contributed by atoms with Crippen molar-refractivity contribution in [1.82, 2.24) is 5.32 Å². The molecule has 0 saturated carbocycles. The first-order valence-electron chi connectivity index (χ1n) is 28.2. The number of aliphatic hydroxyl groups is 7. The quantitative estimate of drug-likeness (QED) is 0.0215. The van der Waals surface area contributed by atoms with Gasteiger partial charge in [-0.05, 0) is 77.0 Å². The molecule has 1 aliphatic heterocycles. The molecule has 0 aliphatic carbocycles. The minimum Gasteiger partial charge on any atom is -0.394 e. The smallest absolute Gasteiger partial charge is 0.249 e. The first-order valence-corrected chi connectivity index (χ1v) is 28.2. The van der Waals surface area contributed by atoms with Crippen LogP contribution in [0.15, 0.2) is 60.8 Å². The number of carbonyl (C=O) groups excluding carboxylic acids is 1. The second-order valence-corrected chi connectivity index (χ2v) is 19.6. The van der Waals surface area contributed by atoms with Crippen molar-refractivity contribution in [2.45, 2.75) is 287 Å². The molecule has 1 aliphatic rings. The van der Waals surface area contributed by atoms with Crippen LogP contribution < -0.4 is 5.32 Å². The molecule has 0 aromatic carbocycles. The predicted molar refractivity (Wildman–Crippen MR) is 284 cm³/mol. The number of rotatable bonds is 47. The molecule has 9 unspecified atom stereocenters. The molecule has 1 saturated heterocycles. The molecule has 9 atom stereocenters. The molecule has 1 rings (SSSR count). The molecule has 1 amide bonds. The molecule has 11 heteroatoms. The molecule has 69 heavy (non-hydrogen) atoms. The summed E-state index contributed by atoms with van der Waals surface area (Å²) in [5.74, 6) is -0.781. The van der Waals surface area contributed by atoms with Crippen LogP contribution >= 0.6 is 0 Å². The van der Waals surface area contributed by atoms with Crippen molar-refractivity contribution >= 4 is 5.91 Å². The highest BCUT2D eigenvalue weighted by Crippen LogP contribution is 2.23. The van der Waals surface area contributed by atoms with E-state index in [9.17, 15) is 40.5 Å². The molecular formula is C58H105NO10. The standard InChI is InChI=1S/C58H105NO10/c1-3-5-7-9-11-13-15-17-18-19-20-21-22-23-24-25-26-27-28-29-30-31-32-33-34-36-37-39-41-43-45-50(61)53(63)49(48-68-58-56(66)55(65)54(64)52(47-60)69-58)59-57(67)51(62)46-44-42-40-38-35-16-14-12-10-8-6-4-2/h28-29,32-33,35,37-39,42,44,49-56,58,60-66H,3-27,30-31,34,36,40-41,43,45-48H2,1-2H3,(H,59,67)/b29-28+,33-32+,38-35-,39-37+,44-42-. The van der Waals surface area contributed by atoms with E-state index >= 15 is 0 Å². The Balaban J connectivity index is 2.32. The van der Waals surface area contributed by atoms with Gasteiger partial charge in [-0.3, -0.25) is 4.79 Å². The Hall–Kier alpha value is -2.19. The predicted octanol–water partition coefficient (Wildman–Crippen LogP) is 11.5. The van der Waals surface area contributed by atoms with E-state index < -0.39 is 74.2 Å². The van der Waals surface area contributed by atoms with Crippen LogP contribution in [0.1, 0.15) is 232 Å². The van der Waals surface area contributed by atoms with Gasteiger partial charge in [0, 0.05) is 6.42 Å². The van der Waals surface area contributed by atoms with Gasteiger partial charge in [0.05, 0.1) is 25.4 Å². The van der Waals surface area contributed by atoms with Crippen molar-refractivity contribution in [2.24, 2.45) is 0 Å². The zero-order valence-corrected chi connectivity index (χ0v) is 43.8. The van der Waals surface area contributed by atoms with Gasteiger partial charge >= 0.3 is 0 Å². The van der Waals surface area contributed by atoms with Gasteiger partial charge in [0.15, 0.2) is 6.29 Å². The first kappa shape index (κ1) is 64.8. The molecule has 0 aromatic rings. The van der Waals surface area contributed by atoms with Gasteiger partial charge in [-0.15, -0.1) is 0 Å². The second-order valence-electron chi connectivity index (χ2n) is 19.6. The zero-order chi connectivity index (χ0) is 50.4. The highest BCUT2D eigenvalue weighted by atomic mass is 16.7. The number of ether oxygens (including phenoxy) is 2. The first-order chi connectivity index (χ1) is 33.7. The van der Waals surface area contributed by atoms with Crippen molar-refractivity contribution in [3.05, 3.63) is 60.8 Å². The molecule has 0 aromatic heterocycles. The number of hydrogen-bond donors (Lipinski definition) is 8. The Morgan fingerprint density at radius 1 is 0.522 bits per heavy atom. The Labute approximate surface area is 421 Å². The van der Waals surface area contributed by atoms with Crippen LogP contribution in [-0.4, -0.2) is 110 Å². The minimum atomic E-state index is -1.69. The number of carbonyl (C=O) groups is 1. The molecule has 0 spiro atoms. The lowest BCUT2D eigenvalue weighted by molar-refractivity contribution is -0.303. The largest absolute Gasteiger partial charge is 0.394 e. The number of aliphatic hydroxyl groups excluding tert-OH is 7. The van der Waals surface area contributed by atoms with E-state index in [1.54, 1.807) is 6.08 Å². The summed E-state index contributed by atoms with van der Waals surface area (Å²) < 4.78 is 11.1. The van der Waals surface area contributed by atoms with Crippen molar-refractivity contribution in [3.8, 4) is 0 Å². The topological polar surface area (TPSA) is 189 Å². The lowest BCUT2D eigenvalue weighted by Crippen LogP contribution is -2.60. The normalized spacial score (nSPS) is 20.9. The highest BCUT2D eigenvalue weighted by Gasteiger charge is 2.44. The van der Waals surface area contributed by atoms with Crippen LogP contribution in [0.3, 0.4) is 0 Å². The molecule has 1 fully saturated rings. The van der Waals surface area contributed by atoms with E-state index in [1.165, 1.54) is 148 Å². The van der Waals surface area contributed by atoms with Crippen molar-refractivity contribution in [1.29, 1.82) is 0 Å². The van der Waals surface area contributed by atoms with Gasteiger partial charge in [-0.25, -0.2) is 0 Å². The third-order valence-electron chi connectivity index (χ3n) is 13.3. The molecule has 402 valence electrons. The highest BCUT2D eigenvalue weighted by molar-refractivity contribution is 5.81. The van der Waals surface area contributed by atoms with Crippen molar-refractivity contribution in [3.63, 3.8) is 0 Å². The van der Waals surface area contributed by atoms with Crippen molar-refractivity contribution in [2.75, 3.05) is 13.2 Å². The monoisotopic (exact) mass is 976 g/mol. The molecule has 8 N–H and O–H groups in total. The van der Waals surface area contributed by atoms with Crippen LogP contribution in [0.2, 0.25) is 0 Å². The van der Waals surface area contributed by atoms with E-state index in [0.29, 0.717) is 19.3 Å². The van der Waals surface area contributed by atoms with E-state index in [2.05, 4.69) is 67.8 Å². The summed E-state index contributed by atoms with van der Waals surface area (Å²) in [5, 5.41) is 75.7. The summed E-state index contributed by atoms with van der Waals surface area (Å²) in [6.07, 6.45) is 49.0. The lowest BCUT2D eigenvalue weighted by atomic mass is 9.99. The van der Waals surface area contributed by atoms with Crippen molar-refractivity contribution < 1.29 is 50.0 Å². The zero-order valence-electron chi connectivity index (χ0n) is 43.8. The maximum Gasteiger partial charge on any atom is 0.249 e. The van der Waals surface area contributed by atoms with Gasteiger partial charge < -0.3 is 50.5 Å². The van der Waals surface area contributed by atoms with Gasteiger partial charge in [0.25, 0.3) is 0 Å². The van der Waals surface area contributed by atoms with E-state index in [0.717, 1.165) is 38.5 Å². The maximum atomic E-state index is 13.1. The summed E-state index contributed by atoms with van der Waals surface area (Å²) in [6, 6.07) is -1.23. The van der Waals surface area contributed by atoms with Gasteiger partial charge in [-0.2, -0.15) is 0 Å². The Bertz CT molecular complexity index is 1300. The van der Waals surface area contributed by atoms with E-state index in [-0.39, 0.29) is 12.8 Å². The van der Waals surface area contributed by atoms with Crippen LogP contribution in [0.5, 0.6) is 0 Å². The summed E-state index contributed by atoms with van der Waals surface area (Å²) >= 11 is 0. The van der Waals surface area contributed by atoms with Crippen LogP contribution in [0.4, 0.5) is 0 Å². The van der Waals surface area contributed by atoms with Crippen LogP contribution in [-0.2, 0) is 14.3 Å². The summed E-state index contributed by atoms with van der Waals surface area (Å²) in [6.45, 7) is 3.38. The average molecular weight is 976 g/mol. The molecular weight excluding hydrogens is 871 g/mol. The van der Waals surface area contributed by atoms with Gasteiger partial charge in [0.1, 0.15) is 36.6 Å². The Morgan fingerprint density at radius 2 is 0.928 bits per heavy atom. The number of allylic oxidation sites excluding steroid dienone is 9. The SMILES string of the molecule is CCCCCCCC/C=C\C/C=C\CC(O)C(=O)NC(COC1OC(CO)C(O)C(O)C1O)C(O)C(O)CCC/C=C/CC/C=C/CC/C=C/CCCCCCCCCCCCCCCCCCC. The van der Waals surface area contributed by atoms with E-state index in [4.69, 9.17) is 9.47 Å². The molecule has 0 radical (unpaired) electrons. The van der Waals surface area contributed by atoms with E-state index in [1.807, 2.05) is 6.08 Å². The molecule has 1 heterocycles. The average Bonchev–Trinajstić information content (AvgIpc) is 3.35. The Morgan fingerprint density at radius 3 is 1.39 bits per heavy atom. The van der Waals surface area contributed by atoms with Gasteiger partial charge in [-0.1, -0.05) is 209 Å². The fraction of sp³-hybridized carbons (Fsp3) is 0.810. The number of unbranched alkanes of at least 4 members (excludes halogenated alkanes) is 26. The second kappa shape index (κ2) is 46.9. The third-order valence-corrected chi connectivity index (χ3v) is 13.3. The van der Waals surface area contributed by atoms with Gasteiger partial charge in [0.2, 0.25) is 5.91 Å². The fourth-order valence-corrected chi connectivity index (χ4v) is 8.63. The number of nitrogens with one attached hydrogen (secondary N) is 1.